The Hall–Kier alpha value is -1.55. The SMILES string of the molecule is Cc1ccc(SC2=CC(=O)N(C)C2=O)cc1. The number of hydrogen-bond donors (Lipinski definition) is 0. The molecule has 0 saturated carbocycles. The highest BCUT2D eigenvalue weighted by atomic mass is 32.2. The molecule has 1 aliphatic heterocycles. The number of carbonyl (C=O) groups excluding carboxylic acids is 2. The van der Waals surface area contributed by atoms with E-state index in [0.717, 1.165) is 9.80 Å². The second kappa shape index (κ2) is 4.14. The summed E-state index contributed by atoms with van der Waals surface area (Å²) < 4.78 is 0. The average Bonchev–Trinajstić information content (AvgIpc) is 2.50. The first-order valence-corrected chi connectivity index (χ1v) is 5.68. The molecule has 16 heavy (non-hydrogen) atoms. The van der Waals surface area contributed by atoms with Crippen LogP contribution >= 0.6 is 11.8 Å². The summed E-state index contributed by atoms with van der Waals surface area (Å²) in [6.07, 6.45) is 1.38. The number of benzene rings is 1. The summed E-state index contributed by atoms with van der Waals surface area (Å²) in [5.74, 6) is -0.477. The summed E-state index contributed by atoms with van der Waals surface area (Å²) >= 11 is 1.32. The number of amides is 2. The molecule has 0 N–H and O–H groups in total. The molecule has 1 aromatic carbocycles. The molecule has 0 radical (unpaired) electrons. The predicted octanol–water partition coefficient (Wildman–Crippen LogP) is 1.97. The second-order valence-electron chi connectivity index (χ2n) is 3.63. The minimum atomic E-state index is -0.250. The summed E-state index contributed by atoms with van der Waals surface area (Å²) in [7, 11) is 1.49. The van der Waals surface area contributed by atoms with E-state index in [9.17, 15) is 9.59 Å². The lowest BCUT2D eigenvalue weighted by Gasteiger charge is -2.06. The van der Waals surface area contributed by atoms with E-state index in [-0.39, 0.29) is 11.8 Å². The van der Waals surface area contributed by atoms with Crippen molar-refractivity contribution >= 4 is 23.6 Å². The van der Waals surface area contributed by atoms with Crippen molar-refractivity contribution in [2.75, 3.05) is 7.05 Å². The fraction of sp³-hybridized carbons (Fsp3) is 0.167. The standard InChI is InChI=1S/C12H11NO2S/c1-8-3-5-9(6-4-8)16-10-7-11(14)13(2)12(10)15/h3-7H,1-2H3. The fourth-order valence-corrected chi connectivity index (χ4v) is 2.25. The molecule has 2 rings (SSSR count). The number of carbonyl (C=O) groups is 2. The van der Waals surface area contributed by atoms with Gasteiger partial charge in [-0.1, -0.05) is 29.5 Å². The van der Waals surface area contributed by atoms with Gasteiger partial charge in [-0.05, 0) is 19.1 Å². The third kappa shape index (κ3) is 2.02. The monoisotopic (exact) mass is 233 g/mol. The van der Waals surface area contributed by atoms with Crippen LogP contribution in [0.2, 0.25) is 0 Å². The van der Waals surface area contributed by atoms with E-state index in [2.05, 4.69) is 0 Å². The zero-order valence-electron chi connectivity index (χ0n) is 9.06. The van der Waals surface area contributed by atoms with E-state index in [1.54, 1.807) is 0 Å². The van der Waals surface area contributed by atoms with Crippen molar-refractivity contribution in [3.8, 4) is 0 Å². The van der Waals surface area contributed by atoms with Gasteiger partial charge in [0.1, 0.15) is 0 Å². The Bertz CT molecular complexity index is 476. The van der Waals surface area contributed by atoms with Gasteiger partial charge in [-0.15, -0.1) is 0 Å². The Labute approximate surface area is 98.1 Å². The lowest BCUT2D eigenvalue weighted by Crippen LogP contribution is -2.25. The lowest BCUT2D eigenvalue weighted by atomic mass is 10.2. The smallest absolute Gasteiger partial charge is 0.267 e. The van der Waals surface area contributed by atoms with Crippen LogP contribution in [0.5, 0.6) is 0 Å². The number of imide groups is 1. The van der Waals surface area contributed by atoms with Crippen LogP contribution in [0.15, 0.2) is 40.1 Å². The quantitative estimate of drug-likeness (QED) is 0.733. The molecule has 1 heterocycles. The minimum absolute atomic E-state index is 0.226. The number of likely N-dealkylation sites (N-methyl/N-ethyl adjacent to an activating group) is 1. The van der Waals surface area contributed by atoms with Crippen molar-refractivity contribution in [1.29, 1.82) is 0 Å². The van der Waals surface area contributed by atoms with Crippen molar-refractivity contribution in [1.82, 2.24) is 4.90 Å². The van der Waals surface area contributed by atoms with Crippen LogP contribution in [-0.2, 0) is 9.59 Å². The van der Waals surface area contributed by atoms with Crippen molar-refractivity contribution < 1.29 is 9.59 Å². The Morgan fingerprint density at radius 2 is 1.75 bits per heavy atom. The Kier molecular flexibility index (Phi) is 2.83. The largest absolute Gasteiger partial charge is 0.278 e. The Morgan fingerprint density at radius 1 is 1.12 bits per heavy atom. The fourth-order valence-electron chi connectivity index (χ4n) is 1.34. The van der Waals surface area contributed by atoms with Gasteiger partial charge in [0.25, 0.3) is 11.8 Å². The van der Waals surface area contributed by atoms with E-state index in [4.69, 9.17) is 0 Å². The van der Waals surface area contributed by atoms with Gasteiger partial charge in [-0.3, -0.25) is 14.5 Å². The maximum atomic E-state index is 11.6. The number of nitrogens with zero attached hydrogens (tertiary/aromatic N) is 1. The third-order valence-corrected chi connectivity index (χ3v) is 3.37. The molecule has 0 spiro atoms. The number of hydrogen-bond acceptors (Lipinski definition) is 3. The lowest BCUT2D eigenvalue weighted by molar-refractivity contribution is -0.135. The minimum Gasteiger partial charge on any atom is -0.278 e. The molecule has 0 aromatic heterocycles. The highest BCUT2D eigenvalue weighted by molar-refractivity contribution is 8.04. The molecular formula is C12H11NO2S. The summed E-state index contributed by atoms with van der Waals surface area (Å²) in [5, 5.41) is 0. The number of thioether (sulfide) groups is 1. The third-order valence-electron chi connectivity index (χ3n) is 2.35. The van der Waals surface area contributed by atoms with Crippen molar-refractivity contribution in [2.45, 2.75) is 11.8 Å². The highest BCUT2D eigenvalue weighted by Crippen LogP contribution is 2.30. The topological polar surface area (TPSA) is 37.4 Å². The maximum Gasteiger partial charge on any atom is 0.267 e. The van der Waals surface area contributed by atoms with E-state index >= 15 is 0 Å². The molecule has 0 bridgehead atoms. The van der Waals surface area contributed by atoms with Crippen LogP contribution in [0, 0.1) is 6.92 Å². The van der Waals surface area contributed by atoms with Gasteiger partial charge in [-0.2, -0.15) is 0 Å². The number of aryl methyl sites for hydroxylation is 1. The molecule has 3 nitrogen and oxygen atoms in total. The molecule has 0 saturated heterocycles. The molecule has 1 aliphatic rings. The van der Waals surface area contributed by atoms with Gasteiger partial charge < -0.3 is 0 Å². The first-order chi connectivity index (χ1) is 7.58. The zero-order chi connectivity index (χ0) is 11.7. The van der Waals surface area contributed by atoms with Crippen LogP contribution in [0.3, 0.4) is 0 Å². The molecule has 0 atom stereocenters. The van der Waals surface area contributed by atoms with E-state index in [0.29, 0.717) is 4.91 Å². The van der Waals surface area contributed by atoms with Crippen molar-refractivity contribution in [2.24, 2.45) is 0 Å². The predicted molar refractivity (Wildman–Crippen MR) is 62.9 cm³/mol. The molecule has 0 aliphatic carbocycles. The van der Waals surface area contributed by atoms with Crippen LogP contribution in [0.25, 0.3) is 0 Å². The van der Waals surface area contributed by atoms with Crippen LogP contribution in [-0.4, -0.2) is 23.8 Å². The van der Waals surface area contributed by atoms with Crippen molar-refractivity contribution in [3.05, 3.63) is 40.8 Å². The second-order valence-corrected chi connectivity index (χ2v) is 4.74. The van der Waals surface area contributed by atoms with Crippen molar-refractivity contribution in [3.63, 3.8) is 0 Å². The summed E-state index contributed by atoms with van der Waals surface area (Å²) in [6.45, 7) is 2.01. The molecular weight excluding hydrogens is 222 g/mol. The molecule has 4 heteroatoms. The normalized spacial score (nSPS) is 15.6. The average molecular weight is 233 g/mol. The summed E-state index contributed by atoms with van der Waals surface area (Å²) in [6, 6.07) is 7.84. The van der Waals surface area contributed by atoms with Gasteiger partial charge in [0.15, 0.2) is 0 Å². The van der Waals surface area contributed by atoms with Crippen LogP contribution < -0.4 is 0 Å². The Balaban J connectivity index is 2.17. The van der Waals surface area contributed by atoms with E-state index in [1.165, 1.54) is 30.4 Å². The van der Waals surface area contributed by atoms with Crippen LogP contribution in [0.4, 0.5) is 0 Å². The molecule has 0 unspecified atom stereocenters. The first-order valence-electron chi connectivity index (χ1n) is 4.86. The van der Waals surface area contributed by atoms with Gasteiger partial charge >= 0.3 is 0 Å². The summed E-state index contributed by atoms with van der Waals surface area (Å²) in [4.78, 5) is 25.4. The van der Waals surface area contributed by atoms with E-state index in [1.807, 2.05) is 31.2 Å². The Morgan fingerprint density at radius 3 is 2.25 bits per heavy atom. The van der Waals surface area contributed by atoms with Gasteiger partial charge in [0.2, 0.25) is 0 Å². The van der Waals surface area contributed by atoms with Gasteiger partial charge in [-0.25, -0.2) is 0 Å². The van der Waals surface area contributed by atoms with E-state index < -0.39 is 0 Å². The molecule has 1 aromatic rings. The zero-order valence-corrected chi connectivity index (χ0v) is 9.88. The van der Waals surface area contributed by atoms with Gasteiger partial charge in [0.05, 0.1) is 4.91 Å². The molecule has 82 valence electrons. The molecule has 0 fully saturated rings. The maximum absolute atomic E-state index is 11.6. The van der Waals surface area contributed by atoms with Crippen LogP contribution in [0.1, 0.15) is 5.56 Å². The van der Waals surface area contributed by atoms with Gasteiger partial charge in [0, 0.05) is 18.0 Å². The highest BCUT2D eigenvalue weighted by Gasteiger charge is 2.27. The number of rotatable bonds is 2. The first kappa shape index (κ1) is 11.0. The molecule has 2 amide bonds. The summed E-state index contributed by atoms with van der Waals surface area (Å²) in [5.41, 5.74) is 1.17.